The van der Waals surface area contributed by atoms with Gasteiger partial charge in [0.2, 0.25) is 0 Å². The van der Waals surface area contributed by atoms with Crippen molar-refractivity contribution in [2.75, 3.05) is 5.73 Å². The van der Waals surface area contributed by atoms with E-state index in [0.717, 1.165) is 6.07 Å². The van der Waals surface area contributed by atoms with E-state index in [9.17, 15) is 13.2 Å². The molecule has 0 bridgehead atoms. The van der Waals surface area contributed by atoms with Gasteiger partial charge in [-0.05, 0) is 11.5 Å². The van der Waals surface area contributed by atoms with Gasteiger partial charge < -0.3 is 5.73 Å². The van der Waals surface area contributed by atoms with E-state index in [1.165, 1.54) is 0 Å². The van der Waals surface area contributed by atoms with Crippen LogP contribution in [0.1, 0.15) is 5.69 Å². The molecule has 2 N–H and O–H groups in total. The van der Waals surface area contributed by atoms with Gasteiger partial charge in [0.25, 0.3) is 0 Å². The fourth-order valence-corrected chi connectivity index (χ4v) is 0.947. The van der Waals surface area contributed by atoms with Gasteiger partial charge >= 0.3 is 6.18 Å². The zero-order valence-electron chi connectivity index (χ0n) is 4.64. The number of hydrogen-bond donors (Lipinski definition) is 1. The van der Waals surface area contributed by atoms with Crippen molar-refractivity contribution in [1.29, 1.82) is 0 Å². The summed E-state index contributed by atoms with van der Waals surface area (Å²) in [5.41, 5.74) is 4.11. The molecule has 0 aliphatic carbocycles. The number of nitrogens with zero attached hydrogens (tertiary/aromatic N) is 1. The molecule has 0 aliphatic heterocycles. The van der Waals surface area contributed by atoms with E-state index < -0.39 is 11.9 Å². The normalized spacial score (nSPS) is 11.9. The van der Waals surface area contributed by atoms with Gasteiger partial charge in [0, 0.05) is 6.07 Å². The molecule has 0 aliphatic rings. The monoisotopic (exact) mass is 168 g/mol. The Morgan fingerprint density at radius 3 is 2.30 bits per heavy atom. The van der Waals surface area contributed by atoms with E-state index in [0.29, 0.717) is 11.5 Å². The number of hydrogen-bond acceptors (Lipinski definition) is 3. The van der Waals surface area contributed by atoms with Crippen LogP contribution in [0.25, 0.3) is 0 Å². The summed E-state index contributed by atoms with van der Waals surface area (Å²) in [6.45, 7) is 0. The van der Waals surface area contributed by atoms with Crippen molar-refractivity contribution in [3.8, 4) is 0 Å². The number of anilines is 1. The second-order valence-electron chi connectivity index (χ2n) is 1.61. The Bertz CT molecular complexity index is 229. The van der Waals surface area contributed by atoms with Gasteiger partial charge in [-0.1, -0.05) is 0 Å². The number of halogens is 3. The van der Waals surface area contributed by atoms with Crippen LogP contribution in [0.3, 0.4) is 0 Å². The lowest BCUT2D eigenvalue weighted by molar-refractivity contribution is -0.140. The van der Waals surface area contributed by atoms with Crippen molar-refractivity contribution >= 4 is 16.5 Å². The van der Waals surface area contributed by atoms with Gasteiger partial charge in [-0.25, -0.2) is 0 Å². The van der Waals surface area contributed by atoms with Crippen LogP contribution in [0, 0.1) is 0 Å². The summed E-state index contributed by atoms with van der Waals surface area (Å²) in [6, 6.07) is 0.810. The van der Waals surface area contributed by atoms with Crippen LogP contribution in [0.4, 0.5) is 18.2 Å². The van der Waals surface area contributed by atoms with Crippen LogP contribution >= 0.6 is 11.5 Å². The molecule has 0 amide bonds. The van der Waals surface area contributed by atoms with Gasteiger partial charge in [0.1, 0.15) is 5.00 Å². The molecule has 0 aromatic carbocycles. The first-order valence-electron chi connectivity index (χ1n) is 2.29. The fraction of sp³-hybridized carbons (Fsp3) is 0.250. The molecule has 1 aromatic heterocycles. The molecule has 1 aromatic rings. The third-order valence-electron chi connectivity index (χ3n) is 0.819. The summed E-state index contributed by atoms with van der Waals surface area (Å²) in [4.78, 5) is 0. The lowest BCUT2D eigenvalue weighted by Gasteiger charge is -1.98. The molecule has 0 unspecified atom stereocenters. The van der Waals surface area contributed by atoms with E-state index in [1.807, 2.05) is 0 Å². The standard InChI is InChI=1S/C4H3F3N2S/c5-4(6,7)2-1-3(8)10-9-2/h1H,8H2. The van der Waals surface area contributed by atoms with E-state index in [-0.39, 0.29) is 5.00 Å². The van der Waals surface area contributed by atoms with Crippen molar-refractivity contribution in [3.63, 3.8) is 0 Å². The average Bonchev–Trinajstić information content (AvgIpc) is 2.11. The Morgan fingerprint density at radius 2 is 2.10 bits per heavy atom. The zero-order valence-corrected chi connectivity index (χ0v) is 5.46. The molecule has 0 saturated carbocycles. The van der Waals surface area contributed by atoms with Gasteiger partial charge in [-0.3, -0.25) is 0 Å². The summed E-state index contributed by atoms with van der Waals surface area (Å²) in [5.74, 6) is 0. The van der Waals surface area contributed by atoms with Gasteiger partial charge in [0.15, 0.2) is 5.69 Å². The van der Waals surface area contributed by atoms with Crippen LogP contribution in [-0.4, -0.2) is 4.37 Å². The van der Waals surface area contributed by atoms with Gasteiger partial charge in [-0.2, -0.15) is 17.5 Å². The Labute approximate surface area is 58.6 Å². The zero-order chi connectivity index (χ0) is 7.78. The quantitative estimate of drug-likeness (QED) is 0.640. The fourth-order valence-electron chi connectivity index (χ4n) is 0.423. The second-order valence-corrected chi connectivity index (χ2v) is 2.45. The maximum atomic E-state index is 11.7. The summed E-state index contributed by atoms with van der Waals surface area (Å²) in [6.07, 6.45) is -4.37. The summed E-state index contributed by atoms with van der Waals surface area (Å²) in [7, 11) is 0. The van der Waals surface area contributed by atoms with E-state index >= 15 is 0 Å². The van der Waals surface area contributed by atoms with Crippen molar-refractivity contribution < 1.29 is 13.2 Å². The topological polar surface area (TPSA) is 38.9 Å². The van der Waals surface area contributed by atoms with Crippen LogP contribution in [-0.2, 0) is 6.18 Å². The minimum absolute atomic E-state index is 0.0762. The first kappa shape index (κ1) is 7.33. The molecule has 0 saturated heterocycles. The number of aromatic nitrogens is 1. The lowest BCUT2D eigenvalue weighted by Crippen LogP contribution is -2.04. The van der Waals surface area contributed by atoms with Crippen molar-refractivity contribution in [2.45, 2.75) is 6.18 Å². The molecular formula is C4H3F3N2S. The Hall–Kier alpha value is -0.780. The summed E-state index contributed by atoms with van der Waals surface area (Å²) in [5, 5.41) is 0.0762. The van der Waals surface area contributed by atoms with Crippen molar-refractivity contribution in [2.24, 2.45) is 0 Å². The molecule has 56 valence electrons. The molecule has 0 atom stereocenters. The number of alkyl halides is 3. The highest BCUT2D eigenvalue weighted by Gasteiger charge is 2.33. The summed E-state index contributed by atoms with van der Waals surface area (Å²) < 4.78 is 38.1. The average molecular weight is 168 g/mol. The molecule has 6 heteroatoms. The van der Waals surface area contributed by atoms with Crippen LogP contribution in [0.5, 0.6) is 0 Å². The third-order valence-corrected chi connectivity index (χ3v) is 1.44. The second kappa shape index (κ2) is 2.12. The number of nitrogens with two attached hydrogens (primary N) is 1. The Morgan fingerprint density at radius 1 is 1.50 bits per heavy atom. The molecular weight excluding hydrogens is 165 g/mol. The lowest BCUT2D eigenvalue weighted by atomic mass is 10.4. The SMILES string of the molecule is Nc1cc(C(F)(F)F)ns1. The third kappa shape index (κ3) is 1.38. The predicted molar refractivity (Wildman–Crippen MR) is 31.5 cm³/mol. The van der Waals surface area contributed by atoms with Crippen LogP contribution in [0.2, 0.25) is 0 Å². The molecule has 1 rings (SSSR count). The number of rotatable bonds is 0. The molecule has 0 fully saturated rings. The summed E-state index contributed by atoms with van der Waals surface area (Å²) >= 11 is 0.639. The Kier molecular flexibility index (Phi) is 1.55. The van der Waals surface area contributed by atoms with Crippen molar-refractivity contribution in [1.82, 2.24) is 4.37 Å². The Balaban J connectivity index is 2.96. The molecule has 2 nitrogen and oxygen atoms in total. The van der Waals surface area contributed by atoms with E-state index in [4.69, 9.17) is 5.73 Å². The van der Waals surface area contributed by atoms with Gasteiger partial charge in [-0.15, -0.1) is 0 Å². The maximum Gasteiger partial charge on any atom is 0.434 e. The van der Waals surface area contributed by atoms with E-state index in [2.05, 4.69) is 4.37 Å². The van der Waals surface area contributed by atoms with Gasteiger partial charge in [0.05, 0.1) is 0 Å². The minimum Gasteiger partial charge on any atom is -0.389 e. The highest BCUT2D eigenvalue weighted by molar-refractivity contribution is 7.10. The highest BCUT2D eigenvalue weighted by atomic mass is 32.1. The molecule has 10 heavy (non-hydrogen) atoms. The largest absolute Gasteiger partial charge is 0.434 e. The van der Waals surface area contributed by atoms with E-state index in [1.54, 1.807) is 0 Å². The highest BCUT2D eigenvalue weighted by Crippen LogP contribution is 2.30. The smallest absolute Gasteiger partial charge is 0.389 e. The predicted octanol–water partition coefficient (Wildman–Crippen LogP) is 1.74. The maximum absolute atomic E-state index is 11.7. The number of nitrogen functional groups attached to an aromatic ring is 1. The first-order chi connectivity index (χ1) is 4.50. The van der Waals surface area contributed by atoms with Crippen molar-refractivity contribution in [3.05, 3.63) is 11.8 Å². The molecule has 0 radical (unpaired) electrons. The van der Waals surface area contributed by atoms with Crippen LogP contribution < -0.4 is 5.73 Å². The molecule has 0 spiro atoms. The minimum atomic E-state index is -4.37. The first-order valence-corrected chi connectivity index (χ1v) is 3.07. The molecule has 1 heterocycles. The van der Waals surface area contributed by atoms with Crippen LogP contribution in [0.15, 0.2) is 6.07 Å².